The number of halogens is 1. The van der Waals surface area contributed by atoms with Gasteiger partial charge in [-0.15, -0.1) is 0 Å². The van der Waals surface area contributed by atoms with Crippen molar-refractivity contribution in [2.45, 2.75) is 33.5 Å². The number of rotatable bonds is 3. The summed E-state index contributed by atoms with van der Waals surface area (Å²) in [6.07, 6.45) is 3.06. The van der Waals surface area contributed by atoms with E-state index in [1.807, 2.05) is 13.8 Å². The topological polar surface area (TPSA) is 50.4 Å². The Bertz CT molecular complexity index is 237. The fourth-order valence-corrected chi connectivity index (χ4v) is 0.813. The third-order valence-electron chi connectivity index (χ3n) is 1.51. The number of hydrogen-bond acceptors (Lipinski definition) is 2. The van der Waals surface area contributed by atoms with Gasteiger partial charge in [-0.3, -0.25) is 10.7 Å². The molecule has 88 valence electrons. The minimum Gasteiger partial charge on any atom is -0.340 e. The van der Waals surface area contributed by atoms with E-state index in [9.17, 15) is 4.39 Å². The van der Waals surface area contributed by atoms with Gasteiger partial charge >= 0.3 is 0 Å². The molecule has 0 spiro atoms. The molecule has 0 amide bonds. The van der Waals surface area contributed by atoms with Gasteiger partial charge in [-0.25, -0.2) is 4.39 Å². The first-order valence-electron chi connectivity index (χ1n) is 4.96. The Balaban J connectivity index is 0. The molecule has 0 radical (unpaired) electrons. The molecule has 0 aliphatic heterocycles. The second-order valence-electron chi connectivity index (χ2n) is 2.72. The molecule has 0 rings (SSSR count). The van der Waals surface area contributed by atoms with Crippen LogP contribution in [0.5, 0.6) is 0 Å². The molecule has 0 aliphatic rings. The van der Waals surface area contributed by atoms with E-state index < -0.39 is 5.79 Å². The van der Waals surface area contributed by atoms with Gasteiger partial charge in [0.1, 0.15) is 5.84 Å². The molecule has 4 heteroatoms. The summed E-state index contributed by atoms with van der Waals surface area (Å²) in [5, 5.41) is 2.74. The fraction of sp³-hybridized carbons (Fsp3) is 0.545. The highest BCUT2D eigenvalue weighted by Gasteiger charge is 2.22. The second-order valence-corrected chi connectivity index (χ2v) is 2.72. The summed E-state index contributed by atoms with van der Waals surface area (Å²) in [5.74, 6) is -1.39. The summed E-state index contributed by atoms with van der Waals surface area (Å²) >= 11 is 0. The number of alkyl halides is 1. The molecule has 15 heavy (non-hydrogen) atoms. The smallest absolute Gasteiger partial charge is 0.196 e. The summed E-state index contributed by atoms with van der Waals surface area (Å²) in [6.45, 7) is 10.5. The minimum absolute atomic E-state index is 0.271. The number of allylic oxidation sites excluding steroid dienone is 1. The number of aliphatic imine (C=N–C) groups is 1. The molecule has 0 aromatic rings. The maximum atomic E-state index is 13.2. The normalized spacial score (nSPS) is 15.9. The summed E-state index contributed by atoms with van der Waals surface area (Å²) in [6, 6.07) is 0. The molecule has 3 N–H and O–H groups in total. The number of nitrogens with two attached hydrogens (primary N) is 1. The monoisotopic (exact) mass is 215 g/mol. The lowest BCUT2D eigenvalue weighted by molar-refractivity contribution is 0.242. The Labute approximate surface area is 92.0 Å². The second kappa shape index (κ2) is 8.17. The standard InChI is InChI=1S/C9H16FN3.C2H6/c1-5-7(9(3,10)11)13-8(6-2)12-4;1-2/h5-6H,2,11H2,1,3-4H3,(H,12,13);1-2H3/b7-5-;. The minimum atomic E-state index is -1.88. The van der Waals surface area contributed by atoms with Crippen molar-refractivity contribution in [1.82, 2.24) is 5.32 Å². The number of hydrogen-bond donors (Lipinski definition) is 2. The van der Waals surface area contributed by atoms with Crippen LogP contribution in [0.3, 0.4) is 0 Å². The van der Waals surface area contributed by atoms with E-state index in [0.717, 1.165) is 0 Å². The quantitative estimate of drug-likeness (QED) is 0.431. The van der Waals surface area contributed by atoms with Crippen LogP contribution in [-0.4, -0.2) is 18.7 Å². The van der Waals surface area contributed by atoms with Gasteiger partial charge in [0.25, 0.3) is 0 Å². The lowest BCUT2D eigenvalue weighted by Crippen LogP contribution is -2.41. The average Bonchev–Trinajstić information content (AvgIpc) is 2.21. The molecular formula is C11H22FN3. The SMILES string of the molecule is C=CC(=NC)N/C(=C\C)C(C)(N)F.CC. The van der Waals surface area contributed by atoms with Crippen molar-refractivity contribution < 1.29 is 4.39 Å². The summed E-state index contributed by atoms with van der Waals surface area (Å²) in [4.78, 5) is 3.83. The Hall–Kier alpha value is -1.16. The first-order valence-corrected chi connectivity index (χ1v) is 4.96. The molecule has 0 aliphatic carbocycles. The molecule has 0 saturated carbocycles. The molecule has 3 nitrogen and oxygen atoms in total. The molecule has 0 aromatic heterocycles. The number of amidine groups is 1. The van der Waals surface area contributed by atoms with Gasteiger partial charge in [-0.05, 0) is 19.9 Å². The third-order valence-corrected chi connectivity index (χ3v) is 1.51. The van der Waals surface area contributed by atoms with Gasteiger partial charge < -0.3 is 5.32 Å². The van der Waals surface area contributed by atoms with Gasteiger partial charge in [0.15, 0.2) is 5.79 Å². The highest BCUT2D eigenvalue weighted by atomic mass is 19.1. The van der Waals surface area contributed by atoms with Gasteiger partial charge in [0, 0.05) is 7.05 Å². The Morgan fingerprint density at radius 3 is 2.20 bits per heavy atom. The van der Waals surface area contributed by atoms with Crippen molar-refractivity contribution in [3.8, 4) is 0 Å². The highest BCUT2D eigenvalue weighted by Crippen LogP contribution is 2.11. The van der Waals surface area contributed by atoms with E-state index in [0.29, 0.717) is 5.84 Å². The zero-order chi connectivity index (χ0) is 12.5. The summed E-state index contributed by atoms with van der Waals surface area (Å²) in [5.41, 5.74) is 5.53. The Morgan fingerprint density at radius 1 is 1.53 bits per heavy atom. The van der Waals surface area contributed by atoms with Crippen molar-refractivity contribution in [2.24, 2.45) is 10.7 Å². The number of nitrogens with one attached hydrogen (secondary N) is 1. The van der Waals surface area contributed by atoms with Crippen molar-refractivity contribution >= 4 is 5.84 Å². The van der Waals surface area contributed by atoms with Crippen molar-refractivity contribution in [1.29, 1.82) is 0 Å². The Kier molecular flexibility index (Phi) is 8.87. The van der Waals surface area contributed by atoms with Gasteiger partial charge in [-0.2, -0.15) is 0 Å². The number of nitrogens with zero attached hydrogens (tertiary/aromatic N) is 1. The van der Waals surface area contributed by atoms with Crippen LogP contribution in [0.4, 0.5) is 4.39 Å². The van der Waals surface area contributed by atoms with Crippen LogP contribution in [0, 0.1) is 0 Å². The largest absolute Gasteiger partial charge is 0.340 e. The van der Waals surface area contributed by atoms with Crippen LogP contribution >= 0.6 is 0 Å². The van der Waals surface area contributed by atoms with Crippen LogP contribution in [-0.2, 0) is 0 Å². The first-order chi connectivity index (χ1) is 6.95. The third kappa shape index (κ3) is 6.85. The summed E-state index contributed by atoms with van der Waals surface area (Å²) in [7, 11) is 1.59. The van der Waals surface area contributed by atoms with Crippen LogP contribution in [0.1, 0.15) is 27.7 Å². The van der Waals surface area contributed by atoms with E-state index in [4.69, 9.17) is 5.73 Å². The molecular weight excluding hydrogens is 193 g/mol. The van der Waals surface area contributed by atoms with Crippen molar-refractivity contribution in [2.75, 3.05) is 7.05 Å². The fourth-order valence-electron chi connectivity index (χ4n) is 0.813. The molecule has 0 heterocycles. The average molecular weight is 215 g/mol. The zero-order valence-corrected chi connectivity index (χ0v) is 10.3. The van der Waals surface area contributed by atoms with Gasteiger partial charge in [0.2, 0.25) is 0 Å². The van der Waals surface area contributed by atoms with E-state index in [1.54, 1.807) is 20.0 Å². The van der Waals surface area contributed by atoms with E-state index in [1.165, 1.54) is 13.0 Å². The van der Waals surface area contributed by atoms with E-state index >= 15 is 0 Å². The Morgan fingerprint density at radius 2 is 2.00 bits per heavy atom. The molecule has 0 aromatic carbocycles. The van der Waals surface area contributed by atoms with Crippen LogP contribution in [0.25, 0.3) is 0 Å². The van der Waals surface area contributed by atoms with E-state index in [2.05, 4.69) is 16.9 Å². The molecule has 1 atom stereocenters. The van der Waals surface area contributed by atoms with Crippen molar-refractivity contribution in [3.63, 3.8) is 0 Å². The zero-order valence-electron chi connectivity index (χ0n) is 10.3. The van der Waals surface area contributed by atoms with Crippen LogP contribution in [0.15, 0.2) is 29.4 Å². The molecule has 0 bridgehead atoms. The predicted molar refractivity (Wildman–Crippen MR) is 65.5 cm³/mol. The highest BCUT2D eigenvalue weighted by molar-refractivity contribution is 5.93. The lowest BCUT2D eigenvalue weighted by Gasteiger charge is -2.19. The molecule has 0 saturated heterocycles. The molecule has 0 fully saturated rings. The van der Waals surface area contributed by atoms with Crippen molar-refractivity contribution in [3.05, 3.63) is 24.4 Å². The van der Waals surface area contributed by atoms with Gasteiger partial charge in [0.05, 0.1) is 5.70 Å². The van der Waals surface area contributed by atoms with Gasteiger partial charge in [-0.1, -0.05) is 26.5 Å². The summed E-state index contributed by atoms with van der Waals surface area (Å²) < 4.78 is 13.2. The first kappa shape index (κ1) is 16.3. The predicted octanol–water partition coefficient (Wildman–Crippen LogP) is 2.36. The molecule has 1 unspecified atom stereocenters. The van der Waals surface area contributed by atoms with E-state index in [-0.39, 0.29) is 5.70 Å². The maximum Gasteiger partial charge on any atom is 0.196 e. The maximum absolute atomic E-state index is 13.2. The lowest BCUT2D eigenvalue weighted by atomic mass is 10.2. The van der Waals surface area contributed by atoms with Crippen LogP contribution < -0.4 is 11.1 Å². The van der Waals surface area contributed by atoms with Crippen LogP contribution in [0.2, 0.25) is 0 Å².